The van der Waals surface area contributed by atoms with Crippen LogP contribution < -0.4 is 25.6 Å². The molecule has 0 aliphatic rings. The Morgan fingerprint density at radius 1 is 1.00 bits per heavy atom. The van der Waals surface area contributed by atoms with Gasteiger partial charge in [0.15, 0.2) is 0 Å². The summed E-state index contributed by atoms with van der Waals surface area (Å²) in [6.45, 7) is 6.94. The summed E-state index contributed by atoms with van der Waals surface area (Å²) in [5.74, 6) is 0.972. The molecule has 2 heterocycles. The number of hydrogen-bond acceptors (Lipinski definition) is 10. The second-order valence-corrected chi connectivity index (χ2v) is 9.74. The fourth-order valence-corrected chi connectivity index (χ4v) is 3.98. The number of aryl methyl sites for hydroxylation is 1. The van der Waals surface area contributed by atoms with E-state index < -0.39 is 0 Å². The third-order valence-corrected chi connectivity index (χ3v) is 6.27. The number of likely N-dealkylation sites (N-methyl/N-ethyl adjacent to an activating group) is 2. The van der Waals surface area contributed by atoms with Gasteiger partial charge >= 0.3 is 0 Å². The molecule has 218 valence electrons. The molecule has 11 nitrogen and oxygen atoms in total. The van der Waals surface area contributed by atoms with Gasteiger partial charge < -0.3 is 30.5 Å². The van der Waals surface area contributed by atoms with Gasteiger partial charge in [-0.1, -0.05) is 18.7 Å². The highest BCUT2D eigenvalue weighted by Crippen LogP contribution is 2.38. The Morgan fingerprint density at radius 3 is 2.40 bits per heavy atom. The first kappa shape index (κ1) is 29.9. The summed E-state index contributed by atoms with van der Waals surface area (Å²) in [7, 11) is 7.50. The van der Waals surface area contributed by atoms with Gasteiger partial charge in [-0.2, -0.15) is 4.98 Å². The fraction of sp³-hybridized carbons (Fsp3) is 0.233. The molecule has 4 rings (SSSR count). The number of benzene rings is 2. The van der Waals surface area contributed by atoms with E-state index in [1.54, 1.807) is 43.9 Å². The van der Waals surface area contributed by atoms with Gasteiger partial charge in [0.1, 0.15) is 23.2 Å². The molecular formula is C30H34FN9O2. The van der Waals surface area contributed by atoms with E-state index >= 15 is 0 Å². The minimum atomic E-state index is -0.348. The summed E-state index contributed by atoms with van der Waals surface area (Å²) in [6, 6.07) is 9.64. The Bertz CT molecular complexity index is 1540. The van der Waals surface area contributed by atoms with Crippen LogP contribution in [0.1, 0.15) is 5.69 Å². The Labute approximate surface area is 244 Å². The minimum absolute atomic E-state index is 0.247. The minimum Gasteiger partial charge on any atom is -0.494 e. The first-order valence-corrected chi connectivity index (χ1v) is 13.1. The van der Waals surface area contributed by atoms with Crippen molar-refractivity contribution >= 4 is 40.6 Å². The largest absolute Gasteiger partial charge is 0.494 e. The number of halogens is 1. The maximum absolute atomic E-state index is 13.6. The predicted octanol–water partition coefficient (Wildman–Crippen LogP) is 5.00. The molecule has 0 aliphatic heterocycles. The normalized spacial score (nSPS) is 10.7. The van der Waals surface area contributed by atoms with Crippen LogP contribution in [0.3, 0.4) is 0 Å². The SMILES string of the molecule is C=CC(=O)Nc1cc(Nc2ncc(-c3ccc(F)cc3)c(Nc3cnc(C)cn3)n2)c(OC)cc1N(C)CCN(C)C. The molecular weight excluding hydrogens is 537 g/mol. The van der Waals surface area contributed by atoms with Crippen LogP contribution in [0.2, 0.25) is 0 Å². The zero-order valence-electron chi connectivity index (χ0n) is 24.3. The number of aromatic nitrogens is 4. The Balaban J connectivity index is 1.74. The molecule has 0 saturated carbocycles. The Morgan fingerprint density at radius 2 is 1.76 bits per heavy atom. The van der Waals surface area contributed by atoms with Crippen LogP contribution >= 0.6 is 0 Å². The molecule has 12 heteroatoms. The second-order valence-electron chi connectivity index (χ2n) is 9.74. The van der Waals surface area contributed by atoms with E-state index in [-0.39, 0.29) is 17.7 Å². The number of rotatable bonds is 12. The van der Waals surface area contributed by atoms with Crippen LogP contribution in [-0.2, 0) is 4.79 Å². The Kier molecular flexibility index (Phi) is 9.61. The van der Waals surface area contributed by atoms with E-state index in [2.05, 4.69) is 42.4 Å². The molecule has 0 unspecified atom stereocenters. The van der Waals surface area contributed by atoms with Crippen molar-refractivity contribution in [1.82, 2.24) is 24.8 Å². The van der Waals surface area contributed by atoms with Crippen molar-refractivity contribution in [2.24, 2.45) is 0 Å². The maximum atomic E-state index is 13.6. The van der Waals surface area contributed by atoms with Gasteiger partial charge in [-0.3, -0.25) is 9.78 Å². The number of carbonyl (C=O) groups excluding carboxylic acids is 1. The van der Waals surface area contributed by atoms with Crippen LogP contribution in [0.15, 0.2) is 67.6 Å². The van der Waals surface area contributed by atoms with Crippen molar-refractivity contribution in [3.63, 3.8) is 0 Å². The third kappa shape index (κ3) is 7.55. The van der Waals surface area contributed by atoms with Gasteiger partial charge in [-0.15, -0.1) is 0 Å². The zero-order valence-corrected chi connectivity index (χ0v) is 24.3. The highest BCUT2D eigenvalue weighted by molar-refractivity contribution is 6.02. The summed E-state index contributed by atoms with van der Waals surface area (Å²) in [6.07, 6.45) is 6.08. The first-order valence-electron chi connectivity index (χ1n) is 13.1. The summed E-state index contributed by atoms with van der Waals surface area (Å²) in [4.78, 5) is 34.3. The molecule has 3 N–H and O–H groups in total. The molecule has 0 fully saturated rings. The molecule has 0 aliphatic carbocycles. The quantitative estimate of drug-likeness (QED) is 0.200. The molecule has 0 atom stereocenters. The summed E-state index contributed by atoms with van der Waals surface area (Å²) >= 11 is 0. The number of amides is 1. The first-order chi connectivity index (χ1) is 20.2. The second kappa shape index (κ2) is 13.5. The molecule has 0 bridgehead atoms. The van der Waals surface area contributed by atoms with Gasteiger partial charge in [-0.25, -0.2) is 14.4 Å². The number of ether oxygens (including phenoxy) is 1. The lowest BCUT2D eigenvalue weighted by Crippen LogP contribution is -2.29. The van der Waals surface area contributed by atoms with Crippen molar-refractivity contribution in [2.45, 2.75) is 6.92 Å². The van der Waals surface area contributed by atoms with Crippen molar-refractivity contribution in [3.05, 3.63) is 79.2 Å². The lowest BCUT2D eigenvalue weighted by atomic mass is 10.1. The standard InChI is InChI=1S/C30H34FN9O2/c1-7-28(41)35-23-14-24(26(42-6)15-25(23)40(5)13-12-39(3)4)36-30-34-17-22(20-8-10-21(31)11-9-20)29(38-30)37-27-18-32-19(2)16-33-27/h7-11,14-18H,1,12-13H2,2-6H3,(H,35,41)(H2,33,34,36,37,38). The maximum Gasteiger partial charge on any atom is 0.247 e. The monoisotopic (exact) mass is 571 g/mol. The van der Waals surface area contributed by atoms with Crippen molar-refractivity contribution in [2.75, 3.05) is 62.2 Å². The van der Waals surface area contributed by atoms with E-state index in [0.29, 0.717) is 46.4 Å². The van der Waals surface area contributed by atoms with Crippen LogP contribution in [0.25, 0.3) is 11.1 Å². The molecule has 2 aromatic heterocycles. The lowest BCUT2D eigenvalue weighted by molar-refractivity contribution is -0.111. The summed E-state index contributed by atoms with van der Waals surface area (Å²) in [5, 5.41) is 9.28. The zero-order chi connectivity index (χ0) is 30.2. The van der Waals surface area contributed by atoms with E-state index in [0.717, 1.165) is 17.9 Å². The van der Waals surface area contributed by atoms with Crippen molar-refractivity contribution in [3.8, 4) is 16.9 Å². The number of hydrogen-bond donors (Lipinski definition) is 3. The fourth-order valence-electron chi connectivity index (χ4n) is 3.98. The van der Waals surface area contributed by atoms with E-state index in [9.17, 15) is 9.18 Å². The van der Waals surface area contributed by atoms with Crippen LogP contribution in [0, 0.1) is 12.7 Å². The van der Waals surface area contributed by atoms with E-state index in [4.69, 9.17) is 9.72 Å². The molecule has 0 radical (unpaired) electrons. The highest BCUT2D eigenvalue weighted by Gasteiger charge is 2.18. The van der Waals surface area contributed by atoms with Crippen LogP contribution in [0.5, 0.6) is 5.75 Å². The summed E-state index contributed by atoms with van der Waals surface area (Å²) < 4.78 is 19.3. The van der Waals surface area contributed by atoms with Crippen LogP contribution in [-0.4, -0.2) is 72.1 Å². The highest BCUT2D eigenvalue weighted by atomic mass is 19.1. The number of carbonyl (C=O) groups is 1. The number of nitrogens with one attached hydrogen (secondary N) is 3. The van der Waals surface area contributed by atoms with Crippen molar-refractivity contribution in [1.29, 1.82) is 0 Å². The molecule has 4 aromatic rings. The molecule has 2 aromatic carbocycles. The van der Waals surface area contributed by atoms with Crippen molar-refractivity contribution < 1.29 is 13.9 Å². The van der Waals surface area contributed by atoms with E-state index in [1.165, 1.54) is 18.2 Å². The number of methoxy groups -OCH3 is 1. The molecule has 0 spiro atoms. The Hall–Kier alpha value is -5.10. The molecule has 0 saturated heterocycles. The average Bonchev–Trinajstić information content (AvgIpc) is 2.98. The summed E-state index contributed by atoms with van der Waals surface area (Å²) in [5.41, 5.74) is 3.96. The van der Waals surface area contributed by atoms with Gasteiger partial charge in [0.2, 0.25) is 11.9 Å². The van der Waals surface area contributed by atoms with E-state index in [1.807, 2.05) is 39.0 Å². The molecule has 1 amide bonds. The predicted molar refractivity (Wildman–Crippen MR) is 164 cm³/mol. The average molecular weight is 572 g/mol. The lowest BCUT2D eigenvalue weighted by Gasteiger charge is -2.26. The van der Waals surface area contributed by atoms with Gasteiger partial charge in [0.05, 0.1) is 42.3 Å². The van der Waals surface area contributed by atoms with Gasteiger partial charge in [0, 0.05) is 38.0 Å². The number of nitrogens with zero attached hydrogens (tertiary/aromatic N) is 6. The smallest absolute Gasteiger partial charge is 0.247 e. The van der Waals surface area contributed by atoms with Gasteiger partial charge in [-0.05, 0) is 50.9 Å². The third-order valence-electron chi connectivity index (χ3n) is 6.27. The topological polar surface area (TPSA) is 120 Å². The van der Waals surface area contributed by atoms with Crippen LogP contribution in [0.4, 0.5) is 39.0 Å². The number of anilines is 6. The molecule has 42 heavy (non-hydrogen) atoms. The van der Waals surface area contributed by atoms with Gasteiger partial charge in [0.25, 0.3) is 0 Å².